The zero-order chi connectivity index (χ0) is 14.6. The third kappa shape index (κ3) is 3.37. The molecule has 1 aromatic rings. The van der Waals surface area contributed by atoms with Crippen LogP contribution in [-0.2, 0) is 9.53 Å². The molecule has 0 aromatic heterocycles. The van der Waals surface area contributed by atoms with Crippen LogP contribution in [0.25, 0.3) is 0 Å². The standard InChI is InChI=1S/C13H16O6/c1-13(2,12(15)16)19-10-7-8(11(14)18-4)5-6-9(10)17-3/h5-7H,1-4H3,(H,15,16). The van der Waals surface area contributed by atoms with Crippen LogP contribution in [-0.4, -0.2) is 36.9 Å². The summed E-state index contributed by atoms with van der Waals surface area (Å²) in [7, 11) is 2.68. The number of rotatable bonds is 5. The lowest BCUT2D eigenvalue weighted by Gasteiger charge is -2.23. The lowest BCUT2D eigenvalue weighted by Crippen LogP contribution is -2.38. The van der Waals surface area contributed by atoms with Crippen molar-refractivity contribution in [3.8, 4) is 11.5 Å². The number of ether oxygens (including phenoxy) is 3. The van der Waals surface area contributed by atoms with Gasteiger partial charge in [0, 0.05) is 0 Å². The molecule has 0 aliphatic rings. The minimum Gasteiger partial charge on any atom is -0.493 e. The van der Waals surface area contributed by atoms with Gasteiger partial charge in [0.2, 0.25) is 0 Å². The maximum absolute atomic E-state index is 11.4. The molecule has 6 nitrogen and oxygen atoms in total. The summed E-state index contributed by atoms with van der Waals surface area (Å²) < 4.78 is 15.0. The van der Waals surface area contributed by atoms with Gasteiger partial charge in [0.05, 0.1) is 19.8 Å². The molecule has 0 bridgehead atoms. The van der Waals surface area contributed by atoms with Gasteiger partial charge < -0.3 is 19.3 Å². The molecule has 1 aromatic carbocycles. The Kier molecular flexibility index (Phi) is 4.37. The number of esters is 1. The van der Waals surface area contributed by atoms with Crippen LogP contribution in [0.2, 0.25) is 0 Å². The van der Waals surface area contributed by atoms with Crippen molar-refractivity contribution in [1.82, 2.24) is 0 Å². The number of aliphatic carboxylic acids is 1. The molecular weight excluding hydrogens is 252 g/mol. The second kappa shape index (κ2) is 5.60. The number of hydrogen-bond acceptors (Lipinski definition) is 5. The summed E-state index contributed by atoms with van der Waals surface area (Å²) >= 11 is 0. The van der Waals surface area contributed by atoms with Gasteiger partial charge >= 0.3 is 11.9 Å². The van der Waals surface area contributed by atoms with Crippen LogP contribution < -0.4 is 9.47 Å². The molecule has 1 rings (SSSR count). The summed E-state index contributed by atoms with van der Waals surface area (Å²) in [6, 6.07) is 4.40. The first-order valence-corrected chi connectivity index (χ1v) is 5.50. The zero-order valence-electron chi connectivity index (χ0n) is 11.2. The van der Waals surface area contributed by atoms with Gasteiger partial charge in [-0.1, -0.05) is 0 Å². The molecule has 0 aliphatic carbocycles. The smallest absolute Gasteiger partial charge is 0.347 e. The van der Waals surface area contributed by atoms with Gasteiger partial charge in [-0.3, -0.25) is 0 Å². The molecule has 0 unspecified atom stereocenters. The average Bonchev–Trinajstić information content (AvgIpc) is 2.37. The fourth-order valence-corrected chi connectivity index (χ4v) is 1.32. The second-order valence-electron chi connectivity index (χ2n) is 4.27. The Morgan fingerprint density at radius 3 is 2.26 bits per heavy atom. The SMILES string of the molecule is COC(=O)c1ccc(OC)c(OC(C)(C)C(=O)O)c1. The van der Waals surface area contributed by atoms with Gasteiger partial charge in [-0.05, 0) is 32.0 Å². The molecule has 0 saturated carbocycles. The Labute approximate surface area is 110 Å². The number of benzene rings is 1. The topological polar surface area (TPSA) is 82.1 Å². The van der Waals surface area contributed by atoms with Crippen LogP contribution in [0.1, 0.15) is 24.2 Å². The highest BCUT2D eigenvalue weighted by molar-refractivity contribution is 5.90. The Morgan fingerprint density at radius 2 is 1.79 bits per heavy atom. The van der Waals surface area contributed by atoms with Crippen molar-refractivity contribution in [3.05, 3.63) is 23.8 Å². The summed E-state index contributed by atoms with van der Waals surface area (Å²) in [5, 5.41) is 9.03. The van der Waals surface area contributed by atoms with E-state index in [2.05, 4.69) is 4.74 Å². The lowest BCUT2D eigenvalue weighted by atomic mass is 10.1. The van der Waals surface area contributed by atoms with Crippen LogP contribution >= 0.6 is 0 Å². The van der Waals surface area contributed by atoms with E-state index in [1.54, 1.807) is 0 Å². The van der Waals surface area contributed by atoms with Gasteiger partial charge in [-0.25, -0.2) is 9.59 Å². The molecule has 0 aliphatic heterocycles. The Bertz CT molecular complexity index is 492. The predicted molar refractivity (Wildman–Crippen MR) is 66.7 cm³/mol. The van der Waals surface area contributed by atoms with Crippen molar-refractivity contribution in [2.24, 2.45) is 0 Å². The van der Waals surface area contributed by atoms with Crippen LogP contribution in [0.3, 0.4) is 0 Å². The molecule has 0 atom stereocenters. The van der Waals surface area contributed by atoms with Crippen LogP contribution in [0.15, 0.2) is 18.2 Å². The highest BCUT2D eigenvalue weighted by Gasteiger charge is 2.30. The number of hydrogen-bond donors (Lipinski definition) is 1. The molecule has 104 valence electrons. The lowest BCUT2D eigenvalue weighted by molar-refractivity contribution is -0.152. The fourth-order valence-electron chi connectivity index (χ4n) is 1.32. The van der Waals surface area contributed by atoms with Gasteiger partial charge in [0.15, 0.2) is 17.1 Å². The first-order valence-electron chi connectivity index (χ1n) is 5.50. The molecular formula is C13H16O6. The fraction of sp³-hybridized carbons (Fsp3) is 0.385. The minimum atomic E-state index is -1.44. The molecule has 6 heteroatoms. The van der Waals surface area contributed by atoms with Crippen molar-refractivity contribution < 1.29 is 28.9 Å². The van der Waals surface area contributed by atoms with E-state index in [4.69, 9.17) is 14.6 Å². The van der Waals surface area contributed by atoms with Crippen LogP contribution in [0.4, 0.5) is 0 Å². The first kappa shape index (κ1) is 14.8. The Hall–Kier alpha value is -2.24. The third-order valence-electron chi connectivity index (χ3n) is 2.46. The van der Waals surface area contributed by atoms with Crippen LogP contribution in [0.5, 0.6) is 11.5 Å². The maximum atomic E-state index is 11.4. The van der Waals surface area contributed by atoms with Crippen LogP contribution in [0, 0.1) is 0 Å². The summed E-state index contributed by atoms with van der Waals surface area (Å²) in [4.78, 5) is 22.5. The van der Waals surface area contributed by atoms with E-state index in [9.17, 15) is 9.59 Å². The molecule has 0 heterocycles. The number of carbonyl (C=O) groups is 2. The summed E-state index contributed by atoms with van der Waals surface area (Å²) in [6.07, 6.45) is 0. The zero-order valence-corrected chi connectivity index (χ0v) is 11.2. The molecule has 0 fully saturated rings. The van der Waals surface area contributed by atoms with E-state index in [1.807, 2.05) is 0 Å². The van der Waals surface area contributed by atoms with Crippen molar-refractivity contribution >= 4 is 11.9 Å². The van der Waals surface area contributed by atoms with Crippen molar-refractivity contribution in [1.29, 1.82) is 0 Å². The number of carbonyl (C=O) groups excluding carboxylic acids is 1. The van der Waals surface area contributed by atoms with E-state index in [-0.39, 0.29) is 11.3 Å². The van der Waals surface area contributed by atoms with E-state index >= 15 is 0 Å². The minimum absolute atomic E-state index is 0.165. The quantitative estimate of drug-likeness (QED) is 0.819. The van der Waals surface area contributed by atoms with E-state index < -0.39 is 17.5 Å². The highest BCUT2D eigenvalue weighted by atomic mass is 16.5. The molecule has 0 saturated heterocycles. The van der Waals surface area contributed by atoms with E-state index in [1.165, 1.54) is 46.3 Å². The normalized spacial score (nSPS) is 10.7. The van der Waals surface area contributed by atoms with Crippen molar-refractivity contribution in [3.63, 3.8) is 0 Å². The molecule has 19 heavy (non-hydrogen) atoms. The van der Waals surface area contributed by atoms with Gasteiger partial charge in [0.1, 0.15) is 0 Å². The van der Waals surface area contributed by atoms with Crippen molar-refractivity contribution in [2.75, 3.05) is 14.2 Å². The van der Waals surface area contributed by atoms with E-state index in [0.29, 0.717) is 5.75 Å². The predicted octanol–water partition coefficient (Wildman–Crippen LogP) is 1.72. The highest BCUT2D eigenvalue weighted by Crippen LogP contribution is 2.31. The summed E-state index contributed by atoms with van der Waals surface area (Å²) in [6.45, 7) is 2.80. The molecule has 0 spiro atoms. The summed E-state index contributed by atoms with van der Waals surface area (Å²) in [5.74, 6) is -1.17. The largest absolute Gasteiger partial charge is 0.493 e. The second-order valence-corrected chi connectivity index (χ2v) is 4.27. The van der Waals surface area contributed by atoms with Gasteiger partial charge in [-0.15, -0.1) is 0 Å². The third-order valence-corrected chi connectivity index (χ3v) is 2.46. The number of methoxy groups -OCH3 is 2. The molecule has 0 radical (unpaired) electrons. The Balaban J connectivity index is 3.16. The monoisotopic (exact) mass is 268 g/mol. The van der Waals surface area contributed by atoms with Gasteiger partial charge in [-0.2, -0.15) is 0 Å². The van der Waals surface area contributed by atoms with Crippen molar-refractivity contribution in [2.45, 2.75) is 19.4 Å². The first-order chi connectivity index (χ1) is 8.81. The van der Waals surface area contributed by atoms with Gasteiger partial charge in [0.25, 0.3) is 0 Å². The van der Waals surface area contributed by atoms with E-state index in [0.717, 1.165) is 0 Å². The average molecular weight is 268 g/mol. The number of carboxylic acid groups (broad SMARTS) is 1. The maximum Gasteiger partial charge on any atom is 0.347 e. The molecule has 1 N–H and O–H groups in total. The Morgan fingerprint density at radius 1 is 1.16 bits per heavy atom. The summed E-state index contributed by atoms with van der Waals surface area (Å²) in [5.41, 5.74) is -1.19. The number of carboxylic acids is 1. The molecule has 0 amide bonds.